The summed E-state index contributed by atoms with van der Waals surface area (Å²) in [7, 11) is 1.78. The molecule has 0 fully saturated rings. The predicted molar refractivity (Wildman–Crippen MR) is 46.2 cm³/mol. The lowest BCUT2D eigenvalue weighted by atomic mass is 9.97. The molecule has 0 aliphatic rings. The summed E-state index contributed by atoms with van der Waals surface area (Å²) in [6, 6.07) is 0. The van der Waals surface area contributed by atoms with Gasteiger partial charge in [0, 0.05) is 0 Å². The Kier molecular flexibility index (Phi) is 3.84. The summed E-state index contributed by atoms with van der Waals surface area (Å²) in [6.07, 6.45) is 0.338. The fourth-order valence-corrected chi connectivity index (χ4v) is 0.529. The van der Waals surface area contributed by atoms with Gasteiger partial charge in [-0.1, -0.05) is 5.92 Å². The van der Waals surface area contributed by atoms with Gasteiger partial charge >= 0.3 is 0 Å². The minimum Gasteiger partial charge on any atom is -0.308 e. The summed E-state index contributed by atoms with van der Waals surface area (Å²) < 4.78 is 0. The Morgan fingerprint density at radius 1 is 1.55 bits per heavy atom. The van der Waals surface area contributed by atoms with Gasteiger partial charge in [0.1, 0.15) is 0 Å². The lowest BCUT2D eigenvalue weighted by Crippen LogP contribution is -2.44. The number of hydrogen-bond acceptors (Lipinski definition) is 2. The molecule has 2 heteroatoms. The monoisotopic (exact) mass is 153 g/mol. The molecule has 62 valence electrons. The smallest absolute Gasteiger partial charge is 0.164 e. The van der Waals surface area contributed by atoms with Crippen molar-refractivity contribution in [2.45, 2.75) is 32.7 Å². The second-order valence-corrected chi connectivity index (χ2v) is 2.90. The molecule has 0 saturated heterocycles. The van der Waals surface area contributed by atoms with Gasteiger partial charge in [0.05, 0.1) is 12.0 Å². The fourth-order valence-electron chi connectivity index (χ4n) is 0.529. The van der Waals surface area contributed by atoms with E-state index in [1.165, 1.54) is 0 Å². The third-order valence-electron chi connectivity index (χ3n) is 1.75. The average Bonchev–Trinajstić information content (AvgIpc) is 2.00. The topological polar surface area (TPSA) is 29.1 Å². The molecule has 0 aromatic rings. The molecule has 0 unspecified atom stereocenters. The SMILES string of the molecule is CC#CCC(=O)C(C)(C)NC. The van der Waals surface area contributed by atoms with Gasteiger partial charge in [-0.05, 0) is 27.8 Å². The molecule has 1 N–H and O–H groups in total. The highest BCUT2D eigenvalue weighted by molar-refractivity contribution is 5.89. The third kappa shape index (κ3) is 3.20. The second kappa shape index (κ2) is 4.15. The Balaban J connectivity index is 4.09. The van der Waals surface area contributed by atoms with E-state index in [9.17, 15) is 4.79 Å². The zero-order valence-electron chi connectivity index (χ0n) is 7.62. The van der Waals surface area contributed by atoms with Gasteiger partial charge < -0.3 is 5.32 Å². The van der Waals surface area contributed by atoms with Crippen molar-refractivity contribution in [1.82, 2.24) is 5.32 Å². The van der Waals surface area contributed by atoms with Gasteiger partial charge in [0.2, 0.25) is 0 Å². The number of nitrogens with one attached hydrogen (secondary N) is 1. The minimum absolute atomic E-state index is 0.134. The molecular weight excluding hydrogens is 138 g/mol. The van der Waals surface area contributed by atoms with E-state index in [-0.39, 0.29) is 5.78 Å². The van der Waals surface area contributed by atoms with Crippen LogP contribution in [0.2, 0.25) is 0 Å². The van der Waals surface area contributed by atoms with Crippen LogP contribution in [0.25, 0.3) is 0 Å². The van der Waals surface area contributed by atoms with E-state index >= 15 is 0 Å². The van der Waals surface area contributed by atoms with E-state index < -0.39 is 5.54 Å². The third-order valence-corrected chi connectivity index (χ3v) is 1.75. The molecule has 0 aromatic heterocycles. The number of rotatable bonds is 3. The van der Waals surface area contributed by atoms with Crippen molar-refractivity contribution in [3.8, 4) is 11.8 Å². The van der Waals surface area contributed by atoms with Crippen LogP contribution in [0.5, 0.6) is 0 Å². The molecule has 11 heavy (non-hydrogen) atoms. The molecule has 0 saturated carbocycles. The van der Waals surface area contributed by atoms with Gasteiger partial charge in [-0.2, -0.15) is 0 Å². The molecule has 0 aromatic carbocycles. The Labute approximate surface area is 68.4 Å². The lowest BCUT2D eigenvalue weighted by molar-refractivity contribution is -0.123. The summed E-state index contributed by atoms with van der Waals surface area (Å²) in [6.45, 7) is 5.44. The molecule has 0 aliphatic carbocycles. The summed E-state index contributed by atoms with van der Waals surface area (Å²) in [5.41, 5.74) is -0.441. The van der Waals surface area contributed by atoms with Gasteiger partial charge in [0.15, 0.2) is 5.78 Å². The molecule has 0 atom stereocenters. The van der Waals surface area contributed by atoms with Crippen molar-refractivity contribution >= 4 is 5.78 Å². The standard InChI is InChI=1S/C9H15NO/c1-5-6-7-8(11)9(2,3)10-4/h10H,7H2,1-4H3. The van der Waals surface area contributed by atoms with Crippen LogP contribution < -0.4 is 5.32 Å². The zero-order chi connectivity index (χ0) is 8.91. The number of likely N-dealkylation sites (N-methyl/N-ethyl adjacent to an activating group) is 1. The van der Waals surface area contributed by atoms with Crippen molar-refractivity contribution in [3.05, 3.63) is 0 Å². The number of carbonyl (C=O) groups is 1. The van der Waals surface area contributed by atoms with Crippen LogP contribution in [0.1, 0.15) is 27.2 Å². The van der Waals surface area contributed by atoms with E-state index in [1.54, 1.807) is 14.0 Å². The summed E-state index contributed by atoms with van der Waals surface area (Å²) in [5.74, 6) is 5.58. The van der Waals surface area contributed by atoms with Crippen LogP contribution >= 0.6 is 0 Å². The zero-order valence-corrected chi connectivity index (χ0v) is 7.62. The van der Waals surface area contributed by atoms with Gasteiger partial charge in [-0.15, -0.1) is 5.92 Å². The normalized spacial score (nSPS) is 10.2. The van der Waals surface area contributed by atoms with Gasteiger partial charge in [-0.25, -0.2) is 0 Å². The van der Waals surface area contributed by atoms with E-state index in [1.807, 2.05) is 13.8 Å². The second-order valence-electron chi connectivity index (χ2n) is 2.90. The number of carbonyl (C=O) groups excluding carboxylic acids is 1. The molecule has 0 spiro atoms. The first-order valence-corrected chi connectivity index (χ1v) is 3.66. The predicted octanol–water partition coefficient (Wildman–Crippen LogP) is 0.967. The van der Waals surface area contributed by atoms with Crippen LogP contribution in [0.4, 0.5) is 0 Å². The maximum atomic E-state index is 11.3. The summed E-state index contributed by atoms with van der Waals surface area (Å²) in [4.78, 5) is 11.3. The van der Waals surface area contributed by atoms with Crippen molar-refractivity contribution in [2.75, 3.05) is 7.05 Å². The van der Waals surface area contributed by atoms with Gasteiger partial charge in [-0.3, -0.25) is 4.79 Å². The quantitative estimate of drug-likeness (QED) is 0.612. The number of hydrogen-bond donors (Lipinski definition) is 1. The minimum atomic E-state index is -0.441. The Hall–Kier alpha value is -0.810. The first-order valence-electron chi connectivity index (χ1n) is 3.66. The van der Waals surface area contributed by atoms with Crippen molar-refractivity contribution in [2.24, 2.45) is 0 Å². The van der Waals surface area contributed by atoms with E-state index in [2.05, 4.69) is 17.2 Å². The molecule has 0 radical (unpaired) electrons. The highest BCUT2D eigenvalue weighted by Gasteiger charge is 2.23. The highest BCUT2D eigenvalue weighted by Crippen LogP contribution is 2.04. The van der Waals surface area contributed by atoms with E-state index in [0.717, 1.165) is 0 Å². The molecule has 0 aliphatic heterocycles. The van der Waals surface area contributed by atoms with Crippen LogP contribution in [-0.4, -0.2) is 18.4 Å². The van der Waals surface area contributed by atoms with Crippen LogP contribution in [0.3, 0.4) is 0 Å². The lowest BCUT2D eigenvalue weighted by Gasteiger charge is -2.20. The molecule has 2 nitrogen and oxygen atoms in total. The maximum Gasteiger partial charge on any atom is 0.164 e. The largest absolute Gasteiger partial charge is 0.308 e. The van der Waals surface area contributed by atoms with Crippen LogP contribution in [0.15, 0.2) is 0 Å². The number of ketones is 1. The first kappa shape index (κ1) is 10.2. The molecule has 0 rings (SSSR count). The molecular formula is C9H15NO. The molecule has 0 heterocycles. The van der Waals surface area contributed by atoms with Crippen molar-refractivity contribution in [1.29, 1.82) is 0 Å². The van der Waals surface area contributed by atoms with Crippen molar-refractivity contribution in [3.63, 3.8) is 0 Å². The van der Waals surface area contributed by atoms with Crippen LogP contribution in [-0.2, 0) is 4.79 Å². The molecule has 0 amide bonds. The maximum absolute atomic E-state index is 11.3. The van der Waals surface area contributed by atoms with Gasteiger partial charge in [0.25, 0.3) is 0 Å². The van der Waals surface area contributed by atoms with Crippen molar-refractivity contribution < 1.29 is 4.79 Å². The summed E-state index contributed by atoms with van der Waals surface area (Å²) >= 11 is 0. The van der Waals surface area contributed by atoms with E-state index in [0.29, 0.717) is 6.42 Å². The van der Waals surface area contributed by atoms with Crippen LogP contribution in [0, 0.1) is 11.8 Å². The first-order chi connectivity index (χ1) is 5.04. The fraction of sp³-hybridized carbons (Fsp3) is 0.667. The Morgan fingerprint density at radius 3 is 2.45 bits per heavy atom. The Morgan fingerprint density at radius 2 is 2.09 bits per heavy atom. The van der Waals surface area contributed by atoms with E-state index in [4.69, 9.17) is 0 Å². The highest BCUT2D eigenvalue weighted by atomic mass is 16.1. The Bertz CT molecular complexity index is 195. The summed E-state index contributed by atoms with van der Waals surface area (Å²) in [5, 5.41) is 2.93. The number of Topliss-reactive ketones (excluding diaryl/α,β-unsaturated/α-hetero) is 1. The average molecular weight is 153 g/mol. The molecule has 0 bridgehead atoms.